The largest absolute Gasteiger partial charge is 0.497 e. The number of hydrogen-bond donors (Lipinski definition) is 2. The van der Waals surface area contributed by atoms with E-state index in [-0.39, 0.29) is 0 Å². The number of fused-ring (bicyclic) bond motifs is 1. The van der Waals surface area contributed by atoms with Crippen LogP contribution in [-0.2, 0) is 6.54 Å². The maximum atomic E-state index is 5.80. The number of aromatic nitrogens is 3. The monoisotopic (exact) mass is 472 g/mol. The van der Waals surface area contributed by atoms with E-state index in [1.165, 1.54) is 6.20 Å². The quantitative estimate of drug-likeness (QED) is 0.336. The van der Waals surface area contributed by atoms with Crippen molar-refractivity contribution in [3.63, 3.8) is 0 Å². The van der Waals surface area contributed by atoms with Gasteiger partial charge in [0.25, 0.3) is 0 Å². The first-order valence-electron chi connectivity index (χ1n) is 11.4. The van der Waals surface area contributed by atoms with Gasteiger partial charge in [-0.15, -0.1) is 0 Å². The SMILES string of the molecule is CC.CN=C/C(=C\N)c1cnc2ccc(N(Cc3ncc[nH]3)c3cc(OC)cc(OC)c3)cc2c1. The number of rotatable bonds is 8. The van der Waals surface area contributed by atoms with Gasteiger partial charge in [-0.2, -0.15) is 0 Å². The smallest absolute Gasteiger partial charge is 0.126 e. The zero-order valence-corrected chi connectivity index (χ0v) is 20.8. The number of hydrogen-bond acceptors (Lipinski definition) is 7. The first-order chi connectivity index (χ1) is 17.1. The molecule has 0 atom stereocenters. The lowest BCUT2D eigenvalue weighted by atomic mass is 10.1. The number of benzene rings is 2. The van der Waals surface area contributed by atoms with E-state index in [9.17, 15) is 0 Å². The molecule has 8 heteroatoms. The van der Waals surface area contributed by atoms with Gasteiger partial charge in [-0.3, -0.25) is 9.98 Å². The average Bonchev–Trinajstić information content (AvgIpc) is 3.44. The minimum absolute atomic E-state index is 0.526. The molecule has 0 aliphatic rings. The van der Waals surface area contributed by atoms with Crippen molar-refractivity contribution in [2.45, 2.75) is 20.4 Å². The standard InChI is InChI=1S/C25H26N6O2.C2H6/c1-27-14-19(13-26)18-8-17-9-20(4-5-24(17)30-15-18)31(16-25-28-6-7-29-25)21-10-22(32-2)12-23(11-21)33-3;1-2/h4-15H,16,26H2,1-3H3,(H,28,29);1-2H3/b19-13+,27-14?;. The van der Waals surface area contributed by atoms with Gasteiger partial charge >= 0.3 is 0 Å². The van der Waals surface area contributed by atoms with Gasteiger partial charge in [-0.1, -0.05) is 13.8 Å². The van der Waals surface area contributed by atoms with Crippen LogP contribution in [0.1, 0.15) is 25.2 Å². The predicted molar refractivity (Wildman–Crippen MR) is 144 cm³/mol. The Balaban J connectivity index is 0.00000167. The minimum Gasteiger partial charge on any atom is -0.497 e. The third kappa shape index (κ3) is 5.97. The average molecular weight is 473 g/mol. The van der Waals surface area contributed by atoms with Gasteiger partial charge in [-0.25, -0.2) is 4.98 Å². The summed E-state index contributed by atoms with van der Waals surface area (Å²) >= 11 is 0. The Bertz CT molecular complexity index is 1280. The Hall–Kier alpha value is -4.33. The summed E-state index contributed by atoms with van der Waals surface area (Å²) < 4.78 is 11.0. The van der Waals surface area contributed by atoms with Gasteiger partial charge in [-0.05, 0) is 24.3 Å². The number of imidazole rings is 1. The molecule has 3 N–H and O–H groups in total. The van der Waals surface area contributed by atoms with E-state index >= 15 is 0 Å². The van der Waals surface area contributed by atoms with Crippen molar-refractivity contribution in [1.29, 1.82) is 0 Å². The molecule has 2 aromatic carbocycles. The third-order valence-corrected chi connectivity index (χ3v) is 5.27. The van der Waals surface area contributed by atoms with E-state index in [0.29, 0.717) is 18.0 Å². The summed E-state index contributed by atoms with van der Waals surface area (Å²) in [5.41, 5.74) is 10.3. The lowest BCUT2D eigenvalue weighted by Crippen LogP contribution is -2.17. The molecule has 8 nitrogen and oxygen atoms in total. The van der Waals surface area contributed by atoms with E-state index in [1.807, 2.05) is 50.4 Å². The summed E-state index contributed by atoms with van der Waals surface area (Å²) in [5, 5.41) is 0.980. The number of anilines is 2. The van der Waals surface area contributed by atoms with Gasteiger partial charge in [0, 0.05) is 84.1 Å². The number of nitrogens with zero attached hydrogens (tertiary/aromatic N) is 4. The molecule has 35 heavy (non-hydrogen) atoms. The van der Waals surface area contributed by atoms with E-state index in [2.05, 4.69) is 37.0 Å². The Labute approximate surface area is 206 Å². The summed E-state index contributed by atoms with van der Waals surface area (Å²) in [6.07, 6.45) is 8.61. The summed E-state index contributed by atoms with van der Waals surface area (Å²) in [7, 11) is 4.99. The molecular formula is C27H32N6O2. The number of nitrogens with two attached hydrogens (primary N) is 1. The maximum Gasteiger partial charge on any atom is 0.126 e. The fourth-order valence-electron chi connectivity index (χ4n) is 3.61. The van der Waals surface area contributed by atoms with Crippen LogP contribution < -0.4 is 20.1 Å². The van der Waals surface area contributed by atoms with Crippen LogP contribution in [-0.4, -0.2) is 42.4 Å². The van der Waals surface area contributed by atoms with Gasteiger partial charge in [0.05, 0.1) is 26.3 Å². The lowest BCUT2D eigenvalue weighted by Gasteiger charge is -2.25. The number of ether oxygens (including phenoxy) is 2. The molecular weight excluding hydrogens is 440 g/mol. The first-order valence-corrected chi connectivity index (χ1v) is 11.4. The van der Waals surface area contributed by atoms with E-state index in [4.69, 9.17) is 15.2 Å². The maximum absolute atomic E-state index is 5.80. The van der Waals surface area contributed by atoms with Crippen molar-refractivity contribution in [1.82, 2.24) is 15.0 Å². The van der Waals surface area contributed by atoms with Gasteiger partial charge in [0.15, 0.2) is 0 Å². The Morgan fingerprint density at radius 3 is 2.37 bits per heavy atom. The highest BCUT2D eigenvalue weighted by molar-refractivity contribution is 6.10. The van der Waals surface area contributed by atoms with Crippen molar-refractivity contribution in [2.75, 3.05) is 26.2 Å². The molecule has 4 aromatic rings. The van der Waals surface area contributed by atoms with Crippen molar-refractivity contribution < 1.29 is 9.47 Å². The highest BCUT2D eigenvalue weighted by atomic mass is 16.5. The summed E-state index contributed by atoms with van der Waals surface area (Å²) in [4.78, 5) is 18.4. The van der Waals surface area contributed by atoms with Crippen molar-refractivity contribution in [2.24, 2.45) is 10.7 Å². The van der Waals surface area contributed by atoms with Crippen molar-refractivity contribution in [3.05, 3.63) is 78.6 Å². The highest BCUT2D eigenvalue weighted by Crippen LogP contribution is 2.35. The normalized spacial score (nSPS) is 11.3. The Morgan fingerprint density at radius 1 is 1.03 bits per heavy atom. The van der Waals surface area contributed by atoms with Crippen LogP contribution in [0.3, 0.4) is 0 Å². The number of allylic oxidation sites excluding steroid dienone is 1. The zero-order valence-electron chi connectivity index (χ0n) is 20.8. The van der Waals surface area contributed by atoms with Gasteiger partial charge < -0.3 is 25.1 Å². The molecule has 0 bridgehead atoms. The number of aliphatic imine (C=N–C) groups is 1. The van der Waals surface area contributed by atoms with Crippen LogP contribution in [0.4, 0.5) is 11.4 Å². The van der Waals surface area contributed by atoms with Crippen molar-refractivity contribution >= 4 is 34.1 Å². The van der Waals surface area contributed by atoms with Crippen molar-refractivity contribution in [3.8, 4) is 11.5 Å². The predicted octanol–water partition coefficient (Wildman–Crippen LogP) is 5.34. The molecule has 0 amide bonds. The second kappa shape index (κ2) is 12.2. The molecule has 0 aliphatic carbocycles. The van der Waals surface area contributed by atoms with Crippen LogP contribution in [0.5, 0.6) is 11.5 Å². The van der Waals surface area contributed by atoms with Gasteiger partial charge in [0.2, 0.25) is 0 Å². The minimum atomic E-state index is 0.526. The molecule has 2 aromatic heterocycles. The van der Waals surface area contributed by atoms with Crippen LogP contribution in [0.15, 0.2) is 72.2 Å². The molecule has 4 rings (SSSR count). The van der Waals surface area contributed by atoms with E-state index < -0.39 is 0 Å². The summed E-state index contributed by atoms with van der Waals surface area (Å²) in [6.45, 7) is 4.53. The molecule has 0 saturated heterocycles. The van der Waals surface area contributed by atoms with Crippen LogP contribution >= 0.6 is 0 Å². The first kappa shape index (κ1) is 25.3. The van der Waals surface area contributed by atoms with Crippen LogP contribution in [0, 0.1) is 0 Å². The second-order valence-corrected chi connectivity index (χ2v) is 7.30. The summed E-state index contributed by atoms with van der Waals surface area (Å²) in [6, 6.07) is 14.0. The fourth-order valence-corrected chi connectivity index (χ4v) is 3.61. The molecule has 0 radical (unpaired) electrons. The van der Waals surface area contributed by atoms with E-state index in [0.717, 1.165) is 39.2 Å². The number of methoxy groups -OCH3 is 2. The number of nitrogens with one attached hydrogen (secondary N) is 1. The van der Waals surface area contributed by atoms with E-state index in [1.54, 1.807) is 39.9 Å². The van der Waals surface area contributed by atoms with Gasteiger partial charge in [0.1, 0.15) is 17.3 Å². The molecule has 0 aliphatic heterocycles. The second-order valence-electron chi connectivity index (χ2n) is 7.30. The molecule has 0 unspecified atom stereocenters. The number of pyridine rings is 1. The number of aromatic amines is 1. The third-order valence-electron chi connectivity index (χ3n) is 5.27. The molecule has 0 spiro atoms. The van der Waals surface area contributed by atoms with Crippen LogP contribution in [0.25, 0.3) is 16.5 Å². The van der Waals surface area contributed by atoms with Crippen LogP contribution in [0.2, 0.25) is 0 Å². The molecule has 0 saturated carbocycles. The highest BCUT2D eigenvalue weighted by Gasteiger charge is 2.15. The lowest BCUT2D eigenvalue weighted by molar-refractivity contribution is 0.394. The molecule has 0 fully saturated rings. The molecule has 182 valence electrons. The Morgan fingerprint density at radius 2 is 1.77 bits per heavy atom. The Kier molecular flexibility index (Phi) is 8.83. The summed E-state index contributed by atoms with van der Waals surface area (Å²) in [5.74, 6) is 2.24. The number of H-pyrrole nitrogens is 1. The zero-order chi connectivity index (χ0) is 25.2. The topological polar surface area (TPSA) is 102 Å². The fraction of sp³-hybridized carbons (Fsp3) is 0.222. The molecule has 2 heterocycles.